The summed E-state index contributed by atoms with van der Waals surface area (Å²) in [5.41, 5.74) is 4.64. The van der Waals surface area contributed by atoms with Crippen LogP contribution >= 0.6 is 0 Å². The minimum atomic E-state index is -0.452. The fourth-order valence-electron chi connectivity index (χ4n) is 8.92. The van der Waals surface area contributed by atoms with Gasteiger partial charge in [0.15, 0.2) is 17.3 Å². The number of carbonyl (C=O) groups is 3. The number of hydrogen-bond donors (Lipinski definition) is 1. The summed E-state index contributed by atoms with van der Waals surface area (Å²) in [6.07, 6.45) is 9.72. The molecular weight excluding hydrogens is 907 g/mol. The van der Waals surface area contributed by atoms with Crippen LogP contribution in [0, 0.1) is 0 Å². The van der Waals surface area contributed by atoms with Gasteiger partial charge in [-0.1, -0.05) is 0 Å². The smallest absolute Gasteiger partial charge is 0.410 e. The summed E-state index contributed by atoms with van der Waals surface area (Å²) in [6, 6.07) is 17.5. The largest absolute Gasteiger partial charge is 0.463 e. The molecule has 18 heteroatoms. The topological polar surface area (TPSA) is 192 Å². The average Bonchev–Trinajstić information content (AvgIpc) is 4.17. The SMILES string of the molecule is CC(C)(C)OC(=O)N1CCC(c2cc(-c3ccco3)n[nH]2)CC1.Cn1nc(-c2ccco2)cc1C1CCN(C(=O)OC(C)(C)C)CC1.Cn1nc(C2CCN(C(=O)OC(C)(C)C)CC2)cc1-c1ccco1. The molecule has 3 aliphatic rings. The summed E-state index contributed by atoms with van der Waals surface area (Å²) < 4.78 is 36.4. The number of aromatic amines is 1. The van der Waals surface area contributed by atoms with Gasteiger partial charge >= 0.3 is 18.3 Å². The number of ether oxygens (including phenoxy) is 3. The molecule has 3 fully saturated rings. The zero-order valence-electron chi connectivity index (χ0n) is 43.4. The van der Waals surface area contributed by atoms with Gasteiger partial charge in [-0.2, -0.15) is 15.3 Å². The van der Waals surface area contributed by atoms with Crippen molar-refractivity contribution >= 4 is 18.3 Å². The molecular formula is C53H73N9O9. The predicted molar refractivity (Wildman–Crippen MR) is 267 cm³/mol. The van der Waals surface area contributed by atoms with E-state index in [1.165, 1.54) is 5.69 Å². The zero-order chi connectivity index (χ0) is 51.1. The van der Waals surface area contributed by atoms with Crippen LogP contribution in [0.4, 0.5) is 14.4 Å². The number of piperidine rings is 3. The highest BCUT2D eigenvalue weighted by Crippen LogP contribution is 2.34. The van der Waals surface area contributed by atoms with Gasteiger partial charge in [0.2, 0.25) is 0 Å². The van der Waals surface area contributed by atoms with Gasteiger partial charge in [0.25, 0.3) is 0 Å². The quantitative estimate of drug-likeness (QED) is 0.156. The summed E-state index contributed by atoms with van der Waals surface area (Å²) in [5.74, 6) is 3.50. The lowest BCUT2D eigenvalue weighted by Crippen LogP contribution is -2.41. The molecule has 0 radical (unpaired) electrons. The van der Waals surface area contributed by atoms with E-state index in [9.17, 15) is 14.4 Å². The molecule has 71 heavy (non-hydrogen) atoms. The standard InChI is InChI=1S/2C18H25N3O3.C17H23N3O3/c1-18(2,3)24-17(22)21-9-7-13(8-10-21)15-12-14(19-20(15)4)16-6-5-11-23-16;1-18(2,3)24-17(22)21-9-7-13(8-10-21)14-12-15(20(4)19-14)16-6-5-11-23-16;1-17(2,3)23-16(21)20-8-6-12(7-9-20)13-11-14(19-18-13)15-5-4-10-22-15/h2*5-6,11-13H,7-10H2,1-4H3;4-5,10-12H,6-9H2,1-3H3,(H,18,19). The summed E-state index contributed by atoms with van der Waals surface area (Å²) >= 11 is 0. The van der Waals surface area contributed by atoms with Crippen molar-refractivity contribution in [1.82, 2.24) is 44.5 Å². The Balaban J connectivity index is 0.000000157. The Hall–Kier alpha value is -6.72. The Labute approximate surface area is 416 Å². The van der Waals surface area contributed by atoms with Crippen LogP contribution in [0.1, 0.15) is 136 Å². The molecule has 3 amide bonds. The van der Waals surface area contributed by atoms with Crippen LogP contribution in [0.25, 0.3) is 34.4 Å². The first-order valence-electron chi connectivity index (χ1n) is 24.8. The van der Waals surface area contributed by atoms with Crippen molar-refractivity contribution in [3.63, 3.8) is 0 Å². The van der Waals surface area contributed by atoms with Crippen LogP contribution in [0.3, 0.4) is 0 Å². The Morgan fingerprint density at radius 1 is 0.535 bits per heavy atom. The first-order valence-corrected chi connectivity index (χ1v) is 24.8. The van der Waals surface area contributed by atoms with Crippen molar-refractivity contribution < 1.29 is 41.8 Å². The number of aromatic nitrogens is 6. The third-order valence-corrected chi connectivity index (χ3v) is 12.4. The maximum absolute atomic E-state index is 12.2. The Kier molecular flexibility index (Phi) is 16.3. The van der Waals surface area contributed by atoms with Gasteiger partial charge in [-0.15, -0.1) is 0 Å². The van der Waals surface area contributed by atoms with Crippen LogP contribution in [-0.4, -0.2) is 119 Å². The number of rotatable bonds is 6. The van der Waals surface area contributed by atoms with Crippen LogP contribution in [0.15, 0.2) is 86.6 Å². The number of furan rings is 3. The number of aryl methyl sites for hydroxylation is 2. The lowest BCUT2D eigenvalue weighted by molar-refractivity contribution is 0.0193. The molecule has 3 aliphatic heterocycles. The number of H-pyrrole nitrogens is 1. The van der Waals surface area contributed by atoms with Crippen molar-refractivity contribution in [1.29, 1.82) is 0 Å². The van der Waals surface area contributed by atoms with Gasteiger partial charge in [0, 0.05) is 82.5 Å². The highest BCUT2D eigenvalue weighted by atomic mass is 16.6. The normalized spacial score (nSPS) is 16.5. The molecule has 0 spiro atoms. The van der Waals surface area contributed by atoms with E-state index in [-0.39, 0.29) is 18.3 Å². The molecule has 18 nitrogen and oxygen atoms in total. The lowest BCUT2D eigenvalue weighted by Gasteiger charge is -2.33. The third-order valence-electron chi connectivity index (χ3n) is 12.4. The molecule has 6 aromatic rings. The Bertz CT molecular complexity index is 2600. The maximum Gasteiger partial charge on any atom is 0.410 e. The second-order valence-corrected chi connectivity index (χ2v) is 21.5. The van der Waals surface area contributed by atoms with Gasteiger partial charge < -0.3 is 42.2 Å². The Morgan fingerprint density at radius 3 is 1.39 bits per heavy atom. The number of hydrogen-bond acceptors (Lipinski definition) is 12. The van der Waals surface area contributed by atoms with Gasteiger partial charge in [-0.25, -0.2) is 14.4 Å². The van der Waals surface area contributed by atoms with Gasteiger partial charge in [-0.05, 0) is 155 Å². The monoisotopic (exact) mass is 980 g/mol. The fourth-order valence-corrected chi connectivity index (χ4v) is 8.92. The van der Waals surface area contributed by atoms with Crippen molar-refractivity contribution in [2.75, 3.05) is 39.3 Å². The summed E-state index contributed by atoms with van der Waals surface area (Å²) in [4.78, 5) is 41.8. The van der Waals surface area contributed by atoms with E-state index in [1.807, 2.05) is 128 Å². The molecule has 0 bridgehead atoms. The number of amides is 3. The molecule has 384 valence electrons. The van der Waals surface area contributed by atoms with Crippen LogP contribution < -0.4 is 0 Å². The molecule has 6 aromatic heterocycles. The summed E-state index contributed by atoms with van der Waals surface area (Å²) in [5, 5.41) is 16.6. The zero-order valence-corrected chi connectivity index (χ0v) is 43.4. The maximum atomic E-state index is 12.2. The van der Waals surface area contributed by atoms with E-state index in [1.54, 1.807) is 33.5 Å². The van der Waals surface area contributed by atoms with Crippen molar-refractivity contribution in [2.24, 2.45) is 14.1 Å². The van der Waals surface area contributed by atoms with E-state index in [0.29, 0.717) is 57.0 Å². The van der Waals surface area contributed by atoms with Crippen molar-refractivity contribution in [2.45, 2.75) is 135 Å². The molecule has 0 saturated carbocycles. The molecule has 0 aromatic carbocycles. The fraction of sp³-hybridized carbons (Fsp3) is 0.547. The Morgan fingerprint density at radius 2 is 0.958 bits per heavy atom. The average molecular weight is 980 g/mol. The molecule has 0 aliphatic carbocycles. The van der Waals surface area contributed by atoms with Crippen LogP contribution in [0.5, 0.6) is 0 Å². The molecule has 0 atom stereocenters. The summed E-state index contributed by atoms with van der Waals surface area (Å²) in [6.45, 7) is 21.2. The molecule has 1 N–H and O–H groups in total. The first kappa shape index (κ1) is 52.1. The lowest BCUT2D eigenvalue weighted by atomic mass is 9.93. The number of likely N-dealkylation sites (tertiary alicyclic amines) is 3. The molecule has 3 saturated heterocycles. The van der Waals surface area contributed by atoms with Gasteiger partial charge in [-0.3, -0.25) is 14.5 Å². The van der Waals surface area contributed by atoms with E-state index < -0.39 is 16.8 Å². The minimum Gasteiger partial charge on any atom is -0.463 e. The van der Waals surface area contributed by atoms with E-state index >= 15 is 0 Å². The second-order valence-electron chi connectivity index (χ2n) is 21.5. The molecule has 0 unspecified atom stereocenters. The molecule has 9 heterocycles. The van der Waals surface area contributed by atoms with E-state index in [2.05, 4.69) is 32.5 Å². The van der Waals surface area contributed by atoms with Gasteiger partial charge in [0.05, 0.1) is 24.5 Å². The number of carbonyl (C=O) groups excluding carboxylic acids is 3. The summed E-state index contributed by atoms with van der Waals surface area (Å²) in [7, 11) is 3.89. The highest BCUT2D eigenvalue weighted by molar-refractivity contribution is 5.69. The van der Waals surface area contributed by atoms with Crippen molar-refractivity contribution in [3.05, 3.63) is 90.5 Å². The van der Waals surface area contributed by atoms with E-state index in [4.69, 9.17) is 27.5 Å². The first-order chi connectivity index (χ1) is 33.6. The number of nitrogens with zero attached hydrogens (tertiary/aromatic N) is 8. The predicted octanol–water partition coefficient (Wildman–Crippen LogP) is 11.4. The van der Waals surface area contributed by atoms with Crippen LogP contribution in [0.2, 0.25) is 0 Å². The molecule has 9 rings (SSSR count). The number of nitrogens with one attached hydrogen (secondary N) is 1. The third kappa shape index (κ3) is 14.4. The van der Waals surface area contributed by atoms with Crippen molar-refractivity contribution in [3.8, 4) is 34.4 Å². The highest BCUT2D eigenvalue weighted by Gasteiger charge is 2.32. The van der Waals surface area contributed by atoms with Gasteiger partial charge in [0.1, 0.15) is 33.9 Å². The second kappa shape index (κ2) is 22.1. The van der Waals surface area contributed by atoms with E-state index in [0.717, 1.165) is 84.3 Å². The minimum absolute atomic E-state index is 0.220. The van der Waals surface area contributed by atoms with Crippen LogP contribution in [-0.2, 0) is 28.3 Å².